The zero-order chi connectivity index (χ0) is 12.6. The SMILES string of the molecule is [N]C=CCCCCCCCCC=CC=CC[O]. The van der Waals surface area contributed by atoms with Gasteiger partial charge in [0.15, 0.2) is 0 Å². The van der Waals surface area contributed by atoms with Gasteiger partial charge in [-0.2, -0.15) is 5.73 Å². The van der Waals surface area contributed by atoms with Crippen LogP contribution in [0.25, 0.3) is 0 Å². The minimum Gasteiger partial charge on any atom is -0.232 e. The minimum atomic E-state index is -0.129. The van der Waals surface area contributed by atoms with E-state index >= 15 is 0 Å². The highest BCUT2D eigenvalue weighted by atomic mass is 16.2. The van der Waals surface area contributed by atoms with Gasteiger partial charge in [-0.3, -0.25) is 0 Å². The molecular formula is C15H24NO. The van der Waals surface area contributed by atoms with Crippen molar-refractivity contribution in [2.24, 2.45) is 0 Å². The first kappa shape index (κ1) is 16.0. The molecule has 0 unspecified atom stereocenters. The molecule has 0 N–H and O–H groups in total. The number of rotatable bonds is 11. The van der Waals surface area contributed by atoms with Gasteiger partial charge in [-0.15, -0.1) is 0 Å². The van der Waals surface area contributed by atoms with Crippen LogP contribution in [-0.4, -0.2) is 6.61 Å². The molecule has 2 heteroatoms. The number of nitrogens with zero attached hydrogens (tertiary/aromatic N) is 1. The monoisotopic (exact) mass is 234 g/mol. The largest absolute Gasteiger partial charge is 0.232 e. The van der Waals surface area contributed by atoms with Gasteiger partial charge in [0.25, 0.3) is 0 Å². The lowest BCUT2D eigenvalue weighted by molar-refractivity contribution is 0.232. The van der Waals surface area contributed by atoms with Crippen LogP contribution in [0.4, 0.5) is 0 Å². The second-order valence-corrected chi connectivity index (χ2v) is 4.11. The van der Waals surface area contributed by atoms with Crippen LogP contribution < -0.4 is 5.73 Å². The fourth-order valence-corrected chi connectivity index (χ4v) is 1.61. The van der Waals surface area contributed by atoms with Gasteiger partial charge in [-0.05, 0) is 25.7 Å². The maximum absolute atomic E-state index is 10.1. The van der Waals surface area contributed by atoms with E-state index in [0.29, 0.717) is 0 Å². The van der Waals surface area contributed by atoms with Crippen LogP contribution in [0.3, 0.4) is 0 Å². The molecule has 0 aromatic heterocycles. The molecule has 0 spiro atoms. The molecule has 0 aromatic carbocycles. The average molecular weight is 234 g/mol. The first-order valence-corrected chi connectivity index (χ1v) is 6.60. The Labute approximate surface area is 106 Å². The first-order valence-electron chi connectivity index (χ1n) is 6.60. The van der Waals surface area contributed by atoms with Crippen molar-refractivity contribution in [1.29, 1.82) is 0 Å². The van der Waals surface area contributed by atoms with E-state index in [9.17, 15) is 5.11 Å². The third-order valence-electron chi connectivity index (χ3n) is 2.58. The summed E-state index contributed by atoms with van der Waals surface area (Å²) in [6.45, 7) is -0.129. The van der Waals surface area contributed by atoms with E-state index in [2.05, 4.69) is 6.08 Å². The summed E-state index contributed by atoms with van der Waals surface area (Å²) in [4.78, 5) is 0. The zero-order valence-electron chi connectivity index (χ0n) is 10.7. The summed E-state index contributed by atoms with van der Waals surface area (Å²) in [6, 6.07) is 0. The van der Waals surface area contributed by atoms with Gasteiger partial charge >= 0.3 is 0 Å². The minimum absolute atomic E-state index is 0.129. The number of hydrogen-bond donors (Lipinski definition) is 0. The molecule has 0 rings (SSSR count). The molecule has 0 atom stereocenters. The normalized spacial score (nSPS) is 12.3. The quantitative estimate of drug-likeness (QED) is 0.379. The van der Waals surface area contributed by atoms with Crippen molar-refractivity contribution in [3.8, 4) is 0 Å². The van der Waals surface area contributed by atoms with Crippen LogP contribution in [0.1, 0.15) is 51.4 Å². The molecular weight excluding hydrogens is 210 g/mol. The Balaban J connectivity index is 3.08. The van der Waals surface area contributed by atoms with E-state index in [0.717, 1.165) is 19.0 Å². The van der Waals surface area contributed by atoms with Crippen LogP contribution in [0.2, 0.25) is 0 Å². The zero-order valence-corrected chi connectivity index (χ0v) is 10.7. The van der Waals surface area contributed by atoms with E-state index in [1.165, 1.54) is 38.5 Å². The lowest BCUT2D eigenvalue weighted by atomic mass is 10.1. The van der Waals surface area contributed by atoms with Crippen LogP contribution in [0.5, 0.6) is 0 Å². The maximum Gasteiger partial charge on any atom is 0.101 e. The van der Waals surface area contributed by atoms with E-state index in [4.69, 9.17) is 5.73 Å². The van der Waals surface area contributed by atoms with Crippen LogP contribution in [0, 0.1) is 0 Å². The van der Waals surface area contributed by atoms with Gasteiger partial charge in [0.05, 0.1) is 0 Å². The highest BCUT2D eigenvalue weighted by Gasteiger charge is 1.89. The second-order valence-electron chi connectivity index (χ2n) is 4.11. The predicted octanol–water partition coefficient (Wildman–Crippen LogP) is 4.23. The standard InChI is InChI=1S/C15H24NO/c16-14-12-10-8-6-4-2-1-3-5-7-9-11-13-15-17/h7,9,11-14H,1-6,8,10,15H2. The third kappa shape index (κ3) is 15.0. The van der Waals surface area contributed by atoms with Crippen molar-refractivity contribution in [3.63, 3.8) is 0 Å². The number of hydrogen-bond acceptors (Lipinski definition) is 0. The molecule has 3 radical (unpaired) electrons. The molecule has 0 aliphatic heterocycles. The molecule has 0 amide bonds. The van der Waals surface area contributed by atoms with Crippen LogP contribution in [-0.2, 0) is 5.11 Å². The number of allylic oxidation sites excluding steroid dienone is 4. The van der Waals surface area contributed by atoms with Crippen LogP contribution in [0.15, 0.2) is 36.6 Å². The Morgan fingerprint density at radius 3 is 1.82 bits per heavy atom. The molecule has 0 saturated heterocycles. The first-order chi connectivity index (χ1) is 8.41. The topological polar surface area (TPSA) is 42.2 Å². The molecule has 0 heterocycles. The summed E-state index contributed by atoms with van der Waals surface area (Å²) in [5.41, 5.74) is 8.43. The molecule has 0 aliphatic carbocycles. The Morgan fingerprint density at radius 2 is 1.24 bits per heavy atom. The average Bonchev–Trinajstić information content (AvgIpc) is 2.35. The predicted molar refractivity (Wildman–Crippen MR) is 72.0 cm³/mol. The van der Waals surface area contributed by atoms with Crippen LogP contribution >= 0.6 is 0 Å². The van der Waals surface area contributed by atoms with Crippen molar-refractivity contribution in [1.82, 2.24) is 5.73 Å². The summed E-state index contributed by atoms with van der Waals surface area (Å²) in [5.74, 6) is 0. The summed E-state index contributed by atoms with van der Waals surface area (Å²) in [6.07, 6.45) is 20.1. The molecule has 17 heavy (non-hydrogen) atoms. The van der Waals surface area contributed by atoms with E-state index < -0.39 is 0 Å². The number of unbranched alkanes of at least 4 members (excludes halogenated alkanes) is 7. The lowest BCUT2D eigenvalue weighted by Crippen LogP contribution is -1.79. The highest BCUT2D eigenvalue weighted by molar-refractivity contribution is 5.02. The Kier molecular flexibility index (Phi) is 14.1. The fourth-order valence-electron chi connectivity index (χ4n) is 1.61. The summed E-state index contributed by atoms with van der Waals surface area (Å²) in [7, 11) is 0. The van der Waals surface area contributed by atoms with E-state index in [1.54, 1.807) is 12.2 Å². The Morgan fingerprint density at radius 1 is 0.706 bits per heavy atom. The molecule has 0 bridgehead atoms. The van der Waals surface area contributed by atoms with Crippen molar-refractivity contribution < 1.29 is 5.11 Å². The van der Waals surface area contributed by atoms with E-state index in [1.807, 2.05) is 12.2 Å². The second kappa shape index (κ2) is 15.0. The molecule has 0 fully saturated rings. The maximum atomic E-state index is 10.1. The van der Waals surface area contributed by atoms with Gasteiger partial charge in [0.2, 0.25) is 0 Å². The van der Waals surface area contributed by atoms with E-state index in [-0.39, 0.29) is 6.61 Å². The molecule has 2 nitrogen and oxygen atoms in total. The smallest absolute Gasteiger partial charge is 0.101 e. The van der Waals surface area contributed by atoms with Crippen molar-refractivity contribution >= 4 is 0 Å². The van der Waals surface area contributed by atoms with Gasteiger partial charge in [0, 0.05) is 6.20 Å². The molecule has 0 saturated carbocycles. The molecule has 95 valence electrons. The summed E-state index contributed by atoms with van der Waals surface area (Å²) >= 11 is 0. The molecule has 0 aromatic rings. The summed E-state index contributed by atoms with van der Waals surface area (Å²) < 4.78 is 0. The van der Waals surface area contributed by atoms with Crippen molar-refractivity contribution in [2.45, 2.75) is 51.4 Å². The van der Waals surface area contributed by atoms with Crippen molar-refractivity contribution in [2.75, 3.05) is 6.61 Å². The van der Waals surface area contributed by atoms with Gasteiger partial charge in [-0.1, -0.05) is 56.1 Å². The Hall–Kier alpha value is -1.02. The fraction of sp³-hybridized carbons (Fsp3) is 0.600. The summed E-state index contributed by atoms with van der Waals surface area (Å²) in [5, 5.41) is 10.1. The van der Waals surface area contributed by atoms with Crippen molar-refractivity contribution in [3.05, 3.63) is 36.6 Å². The van der Waals surface area contributed by atoms with Gasteiger partial charge in [0.1, 0.15) is 6.61 Å². The van der Waals surface area contributed by atoms with Gasteiger partial charge < -0.3 is 0 Å². The molecule has 0 aliphatic rings. The third-order valence-corrected chi connectivity index (χ3v) is 2.58. The Bertz CT molecular complexity index is 219. The lowest BCUT2D eigenvalue weighted by Gasteiger charge is -1.98. The van der Waals surface area contributed by atoms with Gasteiger partial charge in [-0.25, -0.2) is 5.11 Å². The highest BCUT2D eigenvalue weighted by Crippen LogP contribution is 2.09.